The summed E-state index contributed by atoms with van der Waals surface area (Å²) in [5.74, 6) is 0.949. The summed E-state index contributed by atoms with van der Waals surface area (Å²) in [4.78, 5) is 0. The molecule has 0 amide bonds. The van der Waals surface area contributed by atoms with E-state index >= 15 is 0 Å². The Kier molecular flexibility index (Phi) is 3.74. The summed E-state index contributed by atoms with van der Waals surface area (Å²) >= 11 is 0. The molecule has 0 radical (unpaired) electrons. The second kappa shape index (κ2) is 4.85. The number of alkyl halides is 1. The second-order valence-electron chi connectivity index (χ2n) is 3.31. The average molecular weight is 182 g/mol. The van der Waals surface area contributed by atoms with E-state index in [4.69, 9.17) is 4.74 Å². The largest absolute Gasteiger partial charge is 0.497 e. The molecule has 2 heteroatoms. The predicted molar refractivity (Wildman–Crippen MR) is 51.8 cm³/mol. The molecule has 1 rings (SSSR count). The Morgan fingerprint density at radius 1 is 1.31 bits per heavy atom. The monoisotopic (exact) mass is 182 g/mol. The summed E-state index contributed by atoms with van der Waals surface area (Å²) in [5.41, 5.74) is 1.16. The van der Waals surface area contributed by atoms with Gasteiger partial charge in [-0.15, -0.1) is 0 Å². The van der Waals surface area contributed by atoms with E-state index in [9.17, 15) is 4.39 Å². The molecule has 1 aromatic rings. The third-order valence-electron chi connectivity index (χ3n) is 2.01. The van der Waals surface area contributed by atoms with Gasteiger partial charge in [-0.1, -0.05) is 19.1 Å². The molecule has 0 saturated heterocycles. The van der Waals surface area contributed by atoms with E-state index in [1.807, 2.05) is 31.2 Å². The Labute approximate surface area is 78.5 Å². The third kappa shape index (κ3) is 3.05. The summed E-state index contributed by atoms with van der Waals surface area (Å²) in [5, 5.41) is 0. The fourth-order valence-electron chi connectivity index (χ4n) is 1.22. The highest BCUT2D eigenvalue weighted by Crippen LogP contribution is 2.14. The van der Waals surface area contributed by atoms with Crippen LogP contribution in [-0.4, -0.2) is 13.8 Å². The van der Waals surface area contributed by atoms with Crippen molar-refractivity contribution in [1.29, 1.82) is 0 Å². The summed E-state index contributed by atoms with van der Waals surface area (Å²) in [6.45, 7) is 1.65. The highest BCUT2D eigenvalue weighted by atomic mass is 19.1. The maximum absolute atomic E-state index is 12.2. The van der Waals surface area contributed by atoms with Gasteiger partial charge in [-0.2, -0.15) is 0 Å². The van der Waals surface area contributed by atoms with Gasteiger partial charge in [0.25, 0.3) is 0 Å². The lowest BCUT2D eigenvalue weighted by Gasteiger charge is -2.06. The van der Waals surface area contributed by atoms with Crippen molar-refractivity contribution in [1.82, 2.24) is 0 Å². The molecule has 0 aliphatic heterocycles. The molecular formula is C11H15FO. The quantitative estimate of drug-likeness (QED) is 0.695. The highest BCUT2D eigenvalue weighted by molar-refractivity contribution is 5.27. The summed E-state index contributed by atoms with van der Waals surface area (Å²) in [7, 11) is 1.64. The predicted octanol–water partition coefficient (Wildman–Crippen LogP) is 2.84. The number of rotatable bonds is 4. The first-order valence-electron chi connectivity index (χ1n) is 4.45. The lowest BCUT2D eigenvalue weighted by atomic mass is 10.0. The van der Waals surface area contributed by atoms with E-state index in [1.54, 1.807) is 7.11 Å². The van der Waals surface area contributed by atoms with Crippen LogP contribution in [0, 0.1) is 5.92 Å². The molecule has 0 heterocycles. The van der Waals surface area contributed by atoms with Crippen molar-refractivity contribution in [3.05, 3.63) is 29.8 Å². The van der Waals surface area contributed by atoms with Crippen molar-refractivity contribution in [3.8, 4) is 5.75 Å². The Bertz CT molecular complexity index is 243. The summed E-state index contributed by atoms with van der Waals surface area (Å²) < 4.78 is 17.2. The van der Waals surface area contributed by atoms with Gasteiger partial charge in [-0.25, -0.2) is 0 Å². The smallest absolute Gasteiger partial charge is 0.118 e. The van der Waals surface area contributed by atoms with E-state index in [0.29, 0.717) is 0 Å². The zero-order valence-corrected chi connectivity index (χ0v) is 8.09. The van der Waals surface area contributed by atoms with Crippen LogP contribution in [0.5, 0.6) is 5.75 Å². The van der Waals surface area contributed by atoms with Gasteiger partial charge >= 0.3 is 0 Å². The standard InChI is InChI=1S/C11H15FO/c1-9(8-12)7-10-3-5-11(13-2)6-4-10/h3-6,9H,7-8H2,1-2H3. The Morgan fingerprint density at radius 3 is 2.38 bits per heavy atom. The van der Waals surface area contributed by atoms with Crippen molar-refractivity contribution in [2.24, 2.45) is 5.92 Å². The Balaban J connectivity index is 2.58. The van der Waals surface area contributed by atoms with Gasteiger partial charge in [0, 0.05) is 0 Å². The van der Waals surface area contributed by atoms with E-state index in [2.05, 4.69) is 0 Å². The van der Waals surface area contributed by atoms with Crippen LogP contribution in [0.1, 0.15) is 12.5 Å². The van der Waals surface area contributed by atoms with Crippen molar-refractivity contribution in [3.63, 3.8) is 0 Å². The molecule has 1 atom stereocenters. The topological polar surface area (TPSA) is 9.23 Å². The molecule has 1 nitrogen and oxygen atoms in total. The fourth-order valence-corrected chi connectivity index (χ4v) is 1.22. The maximum Gasteiger partial charge on any atom is 0.118 e. The van der Waals surface area contributed by atoms with Gasteiger partial charge in [-0.05, 0) is 30.0 Å². The molecule has 0 aromatic heterocycles. The van der Waals surface area contributed by atoms with E-state index in [1.165, 1.54) is 0 Å². The Morgan fingerprint density at radius 2 is 1.92 bits per heavy atom. The SMILES string of the molecule is COc1ccc(CC(C)CF)cc1. The van der Waals surface area contributed by atoms with E-state index in [0.717, 1.165) is 17.7 Å². The van der Waals surface area contributed by atoms with Gasteiger partial charge in [-0.3, -0.25) is 4.39 Å². The van der Waals surface area contributed by atoms with E-state index < -0.39 is 0 Å². The van der Waals surface area contributed by atoms with Crippen LogP contribution in [-0.2, 0) is 6.42 Å². The molecule has 0 fully saturated rings. The third-order valence-corrected chi connectivity index (χ3v) is 2.01. The van der Waals surface area contributed by atoms with Crippen LogP contribution in [0.25, 0.3) is 0 Å². The molecular weight excluding hydrogens is 167 g/mol. The number of ether oxygens (including phenoxy) is 1. The summed E-state index contributed by atoms with van der Waals surface area (Å²) in [6.07, 6.45) is 0.792. The molecule has 1 unspecified atom stereocenters. The van der Waals surface area contributed by atoms with Crippen LogP contribution in [0.15, 0.2) is 24.3 Å². The Hall–Kier alpha value is -1.05. The second-order valence-corrected chi connectivity index (χ2v) is 3.31. The first-order chi connectivity index (χ1) is 6.26. The van der Waals surface area contributed by atoms with Crippen molar-refractivity contribution in [2.45, 2.75) is 13.3 Å². The summed E-state index contributed by atoms with van der Waals surface area (Å²) in [6, 6.07) is 7.76. The molecule has 0 aliphatic rings. The van der Waals surface area contributed by atoms with Crippen LogP contribution >= 0.6 is 0 Å². The molecule has 0 saturated carbocycles. The minimum atomic E-state index is -0.258. The number of methoxy groups -OCH3 is 1. The van der Waals surface area contributed by atoms with Crippen molar-refractivity contribution >= 4 is 0 Å². The van der Waals surface area contributed by atoms with Gasteiger partial charge in [0.1, 0.15) is 5.75 Å². The van der Waals surface area contributed by atoms with Crippen LogP contribution < -0.4 is 4.74 Å². The van der Waals surface area contributed by atoms with Gasteiger partial charge in [0.15, 0.2) is 0 Å². The maximum atomic E-state index is 12.2. The average Bonchev–Trinajstić information content (AvgIpc) is 2.19. The number of benzene rings is 1. The zero-order chi connectivity index (χ0) is 9.68. The zero-order valence-electron chi connectivity index (χ0n) is 8.09. The van der Waals surface area contributed by atoms with Crippen LogP contribution in [0.4, 0.5) is 4.39 Å². The lowest BCUT2D eigenvalue weighted by Crippen LogP contribution is -2.01. The van der Waals surface area contributed by atoms with Gasteiger partial charge in [0.2, 0.25) is 0 Å². The van der Waals surface area contributed by atoms with Crippen LogP contribution in [0.3, 0.4) is 0 Å². The lowest BCUT2D eigenvalue weighted by molar-refractivity contribution is 0.381. The fraction of sp³-hybridized carbons (Fsp3) is 0.455. The first-order valence-corrected chi connectivity index (χ1v) is 4.45. The van der Waals surface area contributed by atoms with Crippen molar-refractivity contribution < 1.29 is 9.13 Å². The molecule has 0 spiro atoms. The highest BCUT2D eigenvalue weighted by Gasteiger charge is 2.02. The molecule has 0 N–H and O–H groups in total. The number of halogens is 1. The molecule has 0 aliphatic carbocycles. The van der Waals surface area contributed by atoms with Gasteiger partial charge in [0.05, 0.1) is 13.8 Å². The van der Waals surface area contributed by atoms with Gasteiger partial charge < -0.3 is 4.74 Å². The minimum Gasteiger partial charge on any atom is -0.497 e. The van der Waals surface area contributed by atoms with E-state index in [-0.39, 0.29) is 12.6 Å². The van der Waals surface area contributed by atoms with Crippen LogP contribution in [0.2, 0.25) is 0 Å². The minimum absolute atomic E-state index is 0.105. The number of hydrogen-bond acceptors (Lipinski definition) is 1. The molecule has 13 heavy (non-hydrogen) atoms. The molecule has 0 bridgehead atoms. The first kappa shape index (κ1) is 10.0. The van der Waals surface area contributed by atoms with Crippen molar-refractivity contribution in [2.75, 3.05) is 13.8 Å². The molecule has 72 valence electrons. The molecule has 1 aromatic carbocycles. The number of hydrogen-bond donors (Lipinski definition) is 0. The normalized spacial score (nSPS) is 12.5.